The number of nitrogens with one attached hydrogen (secondary N) is 1. The van der Waals surface area contributed by atoms with Crippen molar-refractivity contribution in [1.29, 1.82) is 0 Å². The zero-order chi connectivity index (χ0) is 41.1. The summed E-state index contributed by atoms with van der Waals surface area (Å²) >= 11 is 0. The Labute approximate surface area is 344 Å². The van der Waals surface area contributed by atoms with Crippen LogP contribution >= 0.6 is 7.82 Å². The predicted octanol–water partition coefficient (Wildman–Crippen LogP) is 13.2. The van der Waals surface area contributed by atoms with Gasteiger partial charge in [-0.1, -0.05) is 199 Å². The number of hydrogen-bond acceptors (Lipinski definition) is 7. The van der Waals surface area contributed by atoms with Crippen molar-refractivity contribution < 1.29 is 37.9 Å². The lowest BCUT2D eigenvalue weighted by Crippen LogP contribution is -2.27. The van der Waals surface area contributed by atoms with Gasteiger partial charge in [-0.15, -0.1) is 0 Å². The Morgan fingerprint density at radius 2 is 1.00 bits per heavy atom. The van der Waals surface area contributed by atoms with Crippen LogP contribution in [0.2, 0.25) is 0 Å². The minimum atomic E-state index is -4.42. The lowest BCUT2D eigenvalue weighted by atomic mass is 10.0. The van der Waals surface area contributed by atoms with Crippen molar-refractivity contribution in [2.75, 3.05) is 26.4 Å². The molecule has 0 saturated carbocycles. The van der Waals surface area contributed by atoms with Gasteiger partial charge in [0.25, 0.3) is 0 Å². The third-order valence-electron chi connectivity index (χ3n) is 10.1. The summed E-state index contributed by atoms with van der Waals surface area (Å²) in [5, 5.41) is 12.7. The van der Waals surface area contributed by atoms with Gasteiger partial charge in [0.2, 0.25) is 5.91 Å². The van der Waals surface area contributed by atoms with Crippen LogP contribution in [0.3, 0.4) is 0 Å². The molecule has 0 aromatic rings. The quantitative estimate of drug-likeness (QED) is 0.0240. The molecule has 0 aromatic heterocycles. The van der Waals surface area contributed by atoms with Gasteiger partial charge < -0.3 is 20.1 Å². The molecule has 0 saturated heterocycles. The smallest absolute Gasteiger partial charge is 0.463 e. The van der Waals surface area contributed by atoms with Crippen LogP contribution < -0.4 is 5.32 Å². The molecular formula is C46H88NO8P. The van der Waals surface area contributed by atoms with Gasteiger partial charge in [-0.2, -0.15) is 0 Å². The molecule has 0 heterocycles. The summed E-state index contributed by atoms with van der Waals surface area (Å²) in [6.45, 7) is 3.50. The first-order valence-electron chi connectivity index (χ1n) is 23.3. The number of hydrogen-bond donors (Lipinski definition) is 3. The highest BCUT2D eigenvalue weighted by atomic mass is 31.2. The number of allylic oxidation sites excluding steroid dienone is 4. The molecule has 330 valence electrons. The molecule has 3 N–H and O–H groups in total. The van der Waals surface area contributed by atoms with E-state index in [0.717, 1.165) is 70.6 Å². The van der Waals surface area contributed by atoms with Crippen LogP contribution in [0.5, 0.6) is 0 Å². The number of aliphatic hydroxyl groups excluding tert-OH is 1. The Morgan fingerprint density at radius 3 is 1.50 bits per heavy atom. The molecule has 0 aromatic carbocycles. The third-order valence-corrected chi connectivity index (χ3v) is 11.1. The number of phosphoric ester groups is 1. The number of unbranched alkanes of at least 4 members (excludes halogenated alkanes) is 27. The molecule has 1 amide bonds. The van der Waals surface area contributed by atoms with Crippen LogP contribution in [-0.2, 0) is 27.9 Å². The highest BCUT2D eigenvalue weighted by Crippen LogP contribution is 2.42. The second-order valence-corrected chi connectivity index (χ2v) is 17.2. The predicted molar refractivity (Wildman–Crippen MR) is 234 cm³/mol. The molecule has 9 nitrogen and oxygen atoms in total. The topological polar surface area (TPSA) is 131 Å². The van der Waals surface area contributed by atoms with Crippen LogP contribution in [0, 0.1) is 0 Å². The van der Waals surface area contributed by atoms with Gasteiger partial charge in [0, 0.05) is 19.4 Å². The van der Waals surface area contributed by atoms with E-state index in [1.165, 1.54) is 128 Å². The van der Waals surface area contributed by atoms with Gasteiger partial charge in [0.05, 0.1) is 13.2 Å². The maximum Gasteiger partial charge on any atom is 0.472 e. The van der Waals surface area contributed by atoms with Crippen LogP contribution in [0.25, 0.3) is 0 Å². The van der Waals surface area contributed by atoms with E-state index in [9.17, 15) is 24.2 Å². The van der Waals surface area contributed by atoms with E-state index in [1.54, 1.807) is 0 Å². The third kappa shape index (κ3) is 43.6. The minimum Gasteiger partial charge on any atom is -0.463 e. The van der Waals surface area contributed by atoms with Crippen molar-refractivity contribution in [3.8, 4) is 0 Å². The van der Waals surface area contributed by atoms with E-state index in [0.29, 0.717) is 6.42 Å². The van der Waals surface area contributed by atoms with Gasteiger partial charge in [0.15, 0.2) is 0 Å². The number of amides is 1. The molecule has 0 aliphatic carbocycles. The zero-order valence-corrected chi connectivity index (χ0v) is 37.2. The number of ether oxygens (including phenoxy) is 1. The maximum absolute atomic E-state index is 12.1. The summed E-state index contributed by atoms with van der Waals surface area (Å²) in [4.78, 5) is 33.9. The van der Waals surface area contributed by atoms with Gasteiger partial charge in [0.1, 0.15) is 12.7 Å². The average Bonchev–Trinajstić information content (AvgIpc) is 3.18. The van der Waals surface area contributed by atoms with E-state index >= 15 is 0 Å². The van der Waals surface area contributed by atoms with E-state index in [2.05, 4.69) is 43.5 Å². The van der Waals surface area contributed by atoms with Crippen molar-refractivity contribution in [1.82, 2.24) is 5.32 Å². The molecule has 10 heteroatoms. The van der Waals surface area contributed by atoms with Crippen molar-refractivity contribution in [3.05, 3.63) is 24.3 Å². The normalized spacial score (nSPS) is 13.4. The fourth-order valence-corrected chi connectivity index (χ4v) is 7.35. The molecular weight excluding hydrogens is 725 g/mol. The maximum atomic E-state index is 12.1. The Morgan fingerprint density at radius 1 is 0.554 bits per heavy atom. The Kier molecular flexibility index (Phi) is 41.9. The highest BCUT2D eigenvalue weighted by molar-refractivity contribution is 7.47. The van der Waals surface area contributed by atoms with Crippen molar-refractivity contribution >= 4 is 19.7 Å². The molecule has 0 radical (unpaired) electrons. The van der Waals surface area contributed by atoms with Crippen LogP contribution in [0.4, 0.5) is 0 Å². The summed E-state index contributed by atoms with van der Waals surface area (Å²) in [5.41, 5.74) is 0. The molecule has 0 aliphatic heterocycles. The van der Waals surface area contributed by atoms with Gasteiger partial charge in [-0.3, -0.25) is 18.6 Å². The lowest BCUT2D eigenvalue weighted by molar-refractivity contribution is -0.147. The standard InChI is InChI=1S/C46H88NO8P/c1-3-5-7-9-11-13-15-17-18-19-20-21-22-23-24-25-27-28-30-32-34-36-38-45(49)47-40-41-54-56(51,52)55-43-44(48)42-53-46(50)39-37-35-33-31-29-26-16-14-12-10-8-6-4-2/h8,10,14,16,44,48H,3-7,9,11-13,15,17-43H2,1-2H3,(H,47,49)(H,51,52)/b10-8-,16-14-. The number of rotatable bonds is 44. The van der Waals surface area contributed by atoms with Crippen molar-refractivity contribution in [2.45, 2.75) is 232 Å². The second kappa shape index (κ2) is 43.1. The SMILES string of the molecule is CCC/C=C\C/C=C\CCCCCCCC(=O)OCC(O)COP(=O)(O)OCCNC(=O)CCCCCCCCCCCCCCCCCCCCCCCC. The highest BCUT2D eigenvalue weighted by Gasteiger charge is 2.23. The number of esters is 1. The van der Waals surface area contributed by atoms with E-state index in [4.69, 9.17) is 13.8 Å². The lowest BCUT2D eigenvalue weighted by Gasteiger charge is -2.15. The number of carbonyl (C=O) groups excluding carboxylic acids is 2. The van der Waals surface area contributed by atoms with Gasteiger partial charge >= 0.3 is 13.8 Å². The molecule has 0 spiro atoms. The van der Waals surface area contributed by atoms with E-state index in [-0.39, 0.29) is 32.1 Å². The second-order valence-electron chi connectivity index (χ2n) is 15.7. The van der Waals surface area contributed by atoms with Gasteiger partial charge in [-0.25, -0.2) is 4.57 Å². The molecule has 56 heavy (non-hydrogen) atoms. The summed E-state index contributed by atoms with van der Waals surface area (Å²) in [5.74, 6) is -0.523. The first kappa shape index (κ1) is 54.5. The Hall–Kier alpha value is -1.51. The van der Waals surface area contributed by atoms with Crippen LogP contribution in [-0.4, -0.2) is 54.3 Å². The zero-order valence-electron chi connectivity index (χ0n) is 36.3. The molecule has 2 unspecified atom stereocenters. The fraction of sp³-hybridized carbons (Fsp3) is 0.870. The molecule has 0 fully saturated rings. The van der Waals surface area contributed by atoms with Crippen LogP contribution in [0.15, 0.2) is 24.3 Å². The van der Waals surface area contributed by atoms with Crippen molar-refractivity contribution in [2.24, 2.45) is 0 Å². The van der Waals surface area contributed by atoms with Gasteiger partial charge in [-0.05, 0) is 38.5 Å². The first-order chi connectivity index (χ1) is 27.3. The summed E-state index contributed by atoms with van der Waals surface area (Å²) < 4.78 is 26.9. The monoisotopic (exact) mass is 814 g/mol. The number of carbonyl (C=O) groups is 2. The summed E-state index contributed by atoms with van der Waals surface area (Å²) in [7, 11) is -4.42. The van der Waals surface area contributed by atoms with Crippen molar-refractivity contribution in [3.63, 3.8) is 0 Å². The largest absolute Gasteiger partial charge is 0.472 e. The van der Waals surface area contributed by atoms with Crippen LogP contribution in [0.1, 0.15) is 226 Å². The fourth-order valence-electron chi connectivity index (χ4n) is 6.60. The number of aliphatic hydroxyl groups is 1. The Balaban J connectivity index is 3.53. The molecule has 2 atom stereocenters. The molecule has 0 aliphatic rings. The summed E-state index contributed by atoms with van der Waals surface area (Å²) in [6, 6.07) is 0. The van der Waals surface area contributed by atoms with E-state index < -0.39 is 26.5 Å². The summed E-state index contributed by atoms with van der Waals surface area (Å²) in [6.07, 6.45) is 46.9. The minimum absolute atomic E-state index is 0.0836. The molecule has 0 rings (SSSR count). The first-order valence-corrected chi connectivity index (χ1v) is 24.8. The van der Waals surface area contributed by atoms with E-state index in [1.807, 2.05) is 0 Å². The number of phosphoric acid groups is 1. The average molecular weight is 814 g/mol. The molecule has 0 bridgehead atoms. The Bertz CT molecular complexity index is 975.